The number of esters is 2. The van der Waals surface area contributed by atoms with E-state index in [0.717, 1.165) is 41.8 Å². The number of benzene rings is 1. The molecule has 0 radical (unpaired) electrons. The fourth-order valence-electron chi connectivity index (χ4n) is 3.48. The Hall–Kier alpha value is -2.14. The van der Waals surface area contributed by atoms with Crippen LogP contribution in [0.4, 0.5) is 5.69 Å². The first-order valence-electron chi connectivity index (χ1n) is 11.0. The number of aldehydes is 1. The minimum Gasteiger partial charge on any atom is -0.463 e. The van der Waals surface area contributed by atoms with E-state index in [1.807, 2.05) is 13.0 Å². The summed E-state index contributed by atoms with van der Waals surface area (Å²) in [6.07, 6.45) is 1.05. The van der Waals surface area contributed by atoms with E-state index in [-0.39, 0.29) is 6.61 Å². The molecular weight excluding hydrogens is 448 g/mol. The summed E-state index contributed by atoms with van der Waals surface area (Å²) in [5, 5.41) is 3.38. The maximum atomic E-state index is 11.7. The van der Waals surface area contributed by atoms with Gasteiger partial charge >= 0.3 is 11.9 Å². The first-order chi connectivity index (χ1) is 15.8. The van der Waals surface area contributed by atoms with Crippen molar-refractivity contribution >= 4 is 35.9 Å². The Bertz CT molecular complexity index is 820. The van der Waals surface area contributed by atoms with Crippen molar-refractivity contribution in [1.29, 1.82) is 0 Å². The second-order valence-corrected chi connectivity index (χ2v) is 8.74. The molecule has 9 nitrogen and oxygen atoms in total. The van der Waals surface area contributed by atoms with Crippen LogP contribution < -0.4 is 10.0 Å². The molecule has 10 heteroatoms. The third-order valence-corrected chi connectivity index (χ3v) is 6.25. The van der Waals surface area contributed by atoms with E-state index in [9.17, 15) is 14.4 Å². The van der Waals surface area contributed by atoms with Crippen LogP contribution in [0, 0.1) is 6.92 Å². The van der Waals surface area contributed by atoms with E-state index in [1.54, 1.807) is 6.07 Å². The van der Waals surface area contributed by atoms with Crippen LogP contribution in [0.5, 0.6) is 0 Å². The highest BCUT2D eigenvalue weighted by atomic mass is 32.2. The molecule has 0 amide bonds. The van der Waals surface area contributed by atoms with E-state index in [0.29, 0.717) is 12.0 Å². The topological polar surface area (TPSA) is 112 Å². The van der Waals surface area contributed by atoms with Gasteiger partial charge in [-0.3, -0.25) is 14.4 Å². The van der Waals surface area contributed by atoms with Gasteiger partial charge in [-0.25, -0.2) is 4.72 Å². The molecule has 1 heterocycles. The zero-order valence-corrected chi connectivity index (χ0v) is 20.7. The Morgan fingerprint density at radius 2 is 2.00 bits per heavy atom. The Balaban J connectivity index is 2.19. The van der Waals surface area contributed by atoms with Gasteiger partial charge in [-0.15, -0.1) is 0 Å². The maximum absolute atomic E-state index is 11.7. The minimum atomic E-state index is -0.679. The second-order valence-electron chi connectivity index (χ2n) is 7.87. The Morgan fingerprint density at radius 3 is 2.61 bits per heavy atom. The minimum absolute atomic E-state index is 0.0224. The number of ether oxygens (including phenoxy) is 4. The zero-order valence-electron chi connectivity index (χ0n) is 19.8. The molecule has 0 aromatic heterocycles. The van der Waals surface area contributed by atoms with Crippen molar-refractivity contribution in [2.24, 2.45) is 0 Å². The lowest BCUT2D eigenvalue weighted by Crippen LogP contribution is -2.55. The lowest BCUT2D eigenvalue weighted by Gasteiger charge is -2.40. The van der Waals surface area contributed by atoms with Gasteiger partial charge in [0, 0.05) is 50.1 Å². The first kappa shape index (κ1) is 27.1. The van der Waals surface area contributed by atoms with Crippen LogP contribution in [-0.4, -0.2) is 63.0 Å². The van der Waals surface area contributed by atoms with Crippen LogP contribution in [0.3, 0.4) is 0 Å². The highest BCUT2D eigenvalue weighted by molar-refractivity contribution is 7.97. The molecule has 1 saturated heterocycles. The van der Waals surface area contributed by atoms with E-state index in [4.69, 9.17) is 18.9 Å². The SMILES string of the molecule is CCCCNc1cc(C=O)cc(SNC2O[C@H](COC(C)=O)C(OC)CC2OC(C)=O)c1C. The third kappa shape index (κ3) is 8.29. The van der Waals surface area contributed by atoms with E-state index in [1.165, 1.54) is 32.9 Å². The van der Waals surface area contributed by atoms with Crippen molar-refractivity contribution in [2.45, 2.75) is 76.4 Å². The van der Waals surface area contributed by atoms with Gasteiger partial charge in [0.25, 0.3) is 0 Å². The first-order valence-corrected chi connectivity index (χ1v) is 11.9. The molecule has 1 aromatic carbocycles. The van der Waals surface area contributed by atoms with Crippen LogP contribution in [-0.2, 0) is 28.5 Å². The smallest absolute Gasteiger partial charge is 0.303 e. The molecule has 2 N–H and O–H groups in total. The number of carbonyl (C=O) groups is 3. The molecular formula is C23H34N2O7S. The predicted octanol–water partition coefficient (Wildman–Crippen LogP) is 3.24. The van der Waals surface area contributed by atoms with Gasteiger partial charge in [0.05, 0.1) is 6.10 Å². The quantitative estimate of drug-likeness (QED) is 0.199. The summed E-state index contributed by atoms with van der Waals surface area (Å²) in [5.74, 6) is -0.853. The van der Waals surface area contributed by atoms with Crippen LogP contribution >= 0.6 is 11.9 Å². The molecule has 1 fully saturated rings. The monoisotopic (exact) mass is 482 g/mol. The Morgan fingerprint density at radius 1 is 1.24 bits per heavy atom. The van der Waals surface area contributed by atoms with Crippen LogP contribution in [0.15, 0.2) is 17.0 Å². The normalized spacial score (nSPS) is 22.5. The number of nitrogens with one attached hydrogen (secondary N) is 2. The molecule has 184 valence electrons. The fourth-order valence-corrected chi connectivity index (χ4v) is 4.39. The number of methoxy groups -OCH3 is 1. The zero-order chi connectivity index (χ0) is 24.4. The molecule has 3 unspecified atom stereocenters. The van der Waals surface area contributed by atoms with Crippen molar-refractivity contribution in [3.8, 4) is 0 Å². The second kappa shape index (κ2) is 13.5. The summed E-state index contributed by atoms with van der Waals surface area (Å²) in [6, 6.07) is 3.63. The molecule has 1 aliphatic rings. The summed E-state index contributed by atoms with van der Waals surface area (Å²) in [4.78, 5) is 35.2. The summed E-state index contributed by atoms with van der Waals surface area (Å²) < 4.78 is 25.4. The predicted molar refractivity (Wildman–Crippen MR) is 125 cm³/mol. The molecule has 0 saturated carbocycles. The van der Waals surface area contributed by atoms with Crippen LogP contribution in [0.1, 0.15) is 56.0 Å². The molecule has 4 atom stereocenters. The average Bonchev–Trinajstić information content (AvgIpc) is 2.78. The summed E-state index contributed by atoms with van der Waals surface area (Å²) in [6.45, 7) is 7.59. The lowest BCUT2D eigenvalue weighted by molar-refractivity contribution is -0.207. The molecule has 0 aliphatic carbocycles. The van der Waals surface area contributed by atoms with Crippen LogP contribution in [0.2, 0.25) is 0 Å². The number of rotatable bonds is 12. The van der Waals surface area contributed by atoms with E-state index < -0.39 is 36.5 Å². The Kier molecular flexibility index (Phi) is 11.1. The molecule has 0 spiro atoms. The van der Waals surface area contributed by atoms with Gasteiger partial charge < -0.3 is 24.3 Å². The number of anilines is 1. The maximum Gasteiger partial charge on any atom is 0.303 e. The lowest BCUT2D eigenvalue weighted by atomic mass is 10.0. The van der Waals surface area contributed by atoms with Gasteiger partial charge in [-0.2, -0.15) is 0 Å². The number of carbonyl (C=O) groups excluding carboxylic acids is 3. The third-order valence-electron chi connectivity index (χ3n) is 5.26. The number of hydrogen-bond acceptors (Lipinski definition) is 10. The van der Waals surface area contributed by atoms with Crippen molar-refractivity contribution in [3.63, 3.8) is 0 Å². The van der Waals surface area contributed by atoms with Crippen molar-refractivity contribution < 1.29 is 33.3 Å². The summed E-state index contributed by atoms with van der Waals surface area (Å²) in [7, 11) is 1.53. The van der Waals surface area contributed by atoms with Crippen molar-refractivity contribution in [3.05, 3.63) is 23.3 Å². The van der Waals surface area contributed by atoms with Crippen molar-refractivity contribution in [1.82, 2.24) is 4.72 Å². The fraction of sp³-hybridized carbons (Fsp3) is 0.609. The largest absolute Gasteiger partial charge is 0.463 e. The molecule has 33 heavy (non-hydrogen) atoms. The average molecular weight is 483 g/mol. The van der Waals surface area contributed by atoms with E-state index in [2.05, 4.69) is 17.0 Å². The molecule has 1 aliphatic heterocycles. The Labute approximate surface area is 199 Å². The van der Waals surface area contributed by atoms with Crippen LogP contribution in [0.25, 0.3) is 0 Å². The highest BCUT2D eigenvalue weighted by Crippen LogP contribution is 2.31. The van der Waals surface area contributed by atoms with Gasteiger partial charge in [-0.1, -0.05) is 13.3 Å². The standard InChI is InChI=1S/C23H34N2O7S/c1-6-7-8-24-18-9-17(12-26)10-22(14(18)2)33-25-23-20(31-16(4)28)11-19(29-5)21(32-23)13-30-15(3)27/h9-10,12,19-21,23-25H,6-8,11,13H2,1-5H3/t19?,20?,21-,23?/m1/s1. The summed E-state index contributed by atoms with van der Waals surface area (Å²) >= 11 is 1.29. The number of hydrogen-bond donors (Lipinski definition) is 2. The highest BCUT2D eigenvalue weighted by Gasteiger charge is 2.40. The molecule has 2 rings (SSSR count). The van der Waals surface area contributed by atoms with Crippen molar-refractivity contribution in [2.75, 3.05) is 25.6 Å². The van der Waals surface area contributed by atoms with E-state index >= 15 is 0 Å². The van der Waals surface area contributed by atoms with Gasteiger partial charge in [0.15, 0.2) is 6.23 Å². The number of unbranched alkanes of at least 4 members (excludes halogenated alkanes) is 1. The van der Waals surface area contributed by atoms with Gasteiger partial charge in [-0.05, 0) is 43.0 Å². The molecule has 1 aromatic rings. The molecule has 0 bridgehead atoms. The summed E-state index contributed by atoms with van der Waals surface area (Å²) in [5.41, 5.74) is 2.43. The van der Waals surface area contributed by atoms with Gasteiger partial charge in [0.2, 0.25) is 0 Å². The van der Waals surface area contributed by atoms with Gasteiger partial charge in [0.1, 0.15) is 25.1 Å².